The fraction of sp³-hybridized carbons (Fsp3) is 0.417. The highest BCUT2D eigenvalue weighted by atomic mass is 32.2. The Hall–Kier alpha value is -2.14. The van der Waals surface area contributed by atoms with Crippen LogP contribution in [0.4, 0.5) is 11.4 Å². The van der Waals surface area contributed by atoms with E-state index in [1.807, 2.05) is 0 Å². The van der Waals surface area contributed by atoms with Crippen LogP contribution in [0.25, 0.3) is 0 Å². The lowest BCUT2D eigenvalue weighted by Crippen LogP contribution is -2.16. The van der Waals surface area contributed by atoms with Gasteiger partial charge in [0.2, 0.25) is 0 Å². The van der Waals surface area contributed by atoms with Crippen LogP contribution in [0.3, 0.4) is 0 Å². The van der Waals surface area contributed by atoms with Crippen LogP contribution >= 0.6 is 0 Å². The molecule has 0 bridgehead atoms. The number of hydrogen-bond acceptors (Lipinski definition) is 6. The van der Waals surface area contributed by atoms with Crippen molar-refractivity contribution < 1.29 is 13.3 Å². The molecular weight excluding hydrogens is 282 g/mol. The second-order valence-electron chi connectivity index (χ2n) is 4.72. The molecule has 0 radical (unpaired) electrons. The molecule has 20 heavy (non-hydrogen) atoms. The lowest BCUT2D eigenvalue weighted by atomic mass is 10.1. The van der Waals surface area contributed by atoms with E-state index in [2.05, 4.69) is 5.32 Å². The summed E-state index contributed by atoms with van der Waals surface area (Å²) in [7, 11) is -2.97. The topological polar surface area (TPSA) is 113 Å². The predicted octanol–water partition coefficient (Wildman–Crippen LogP) is 1.31. The molecule has 0 spiro atoms. The molecule has 0 aromatic heterocycles. The van der Waals surface area contributed by atoms with Gasteiger partial charge >= 0.3 is 5.69 Å². The summed E-state index contributed by atoms with van der Waals surface area (Å²) in [5.41, 5.74) is -0.0340. The van der Waals surface area contributed by atoms with Crippen LogP contribution < -0.4 is 5.32 Å². The number of para-hydroxylation sites is 1. The number of nitro benzene ring substituents is 1. The number of nitro groups is 1. The first-order chi connectivity index (χ1) is 9.43. The summed E-state index contributed by atoms with van der Waals surface area (Å²) in [6.07, 6.45) is 0.557. The number of nitrogens with zero attached hydrogens (tertiary/aromatic N) is 2. The van der Waals surface area contributed by atoms with Crippen LogP contribution in [0, 0.1) is 27.4 Å². The lowest BCUT2D eigenvalue weighted by Gasteiger charge is -2.11. The zero-order chi connectivity index (χ0) is 14.8. The number of benzene rings is 1. The Morgan fingerprint density at radius 3 is 2.80 bits per heavy atom. The van der Waals surface area contributed by atoms with Crippen molar-refractivity contribution in [2.45, 2.75) is 6.42 Å². The zero-order valence-corrected chi connectivity index (χ0v) is 11.4. The molecule has 1 aliphatic rings. The molecule has 1 aromatic carbocycles. The normalized spacial score (nSPS) is 20.2. The van der Waals surface area contributed by atoms with Crippen molar-refractivity contribution in [1.82, 2.24) is 0 Å². The molecule has 0 amide bonds. The molecule has 1 saturated heterocycles. The zero-order valence-electron chi connectivity index (χ0n) is 10.6. The average Bonchev–Trinajstić information content (AvgIpc) is 2.75. The largest absolute Gasteiger partial charge is 0.379 e. The predicted molar refractivity (Wildman–Crippen MR) is 73.1 cm³/mol. The van der Waals surface area contributed by atoms with Crippen LogP contribution in [0.1, 0.15) is 12.0 Å². The van der Waals surface area contributed by atoms with E-state index < -0.39 is 14.8 Å². The second kappa shape index (κ2) is 5.46. The van der Waals surface area contributed by atoms with E-state index in [4.69, 9.17) is 5.26 Å². The molecule has 1 heterocycles. The summed E-state index contributed by atoms with van der Waals surface area (Å²) in [5.74, 6) is 0.219. The Bertz CT molecular complexity index is 678. The van der Waals surface area contributed by atoms with Crippen LogP contribution in [-0.2, 0) is 9.84 Å². The standard InChI is InChI=1S/C12H13N3O4S/c13-6-10-2-1-3-11(12(10)15(16)17)14-7-9-4-5-20(18,19)8-9/h1-3,9,14H,4-5,7-8H2. The Kier molecular flexibility index (Phi) is 3.90. The van der Waals surface area contributed by atoms with Gasteiger partial charge in [0.25, 0.3) is 0 Å². The SMILES string of the molecule is N#Cc1cccc(NCC2CCS(=O)(=O)C2)c1[N+](=O)[O-]. The monoisotopic (exact) mass is 295 g/mol. The molecular formula is C12H13N3O4S. The smallest absolute Gasteiger partial charge is 0.309 e. The maximum absolute atomic E-state index is 11.3. The van der Waals surface area contributed by atoms with Crippen molar-refractivity contribution in [2.75, 3.05) is 23.4 Å². The van der Waals surface area contributed by atoms with E-state index in [-0.39, 0.29) is 34.4 Å². The molecule has 0 saturated carbocycles. The molecule has 2 rings (SSSR count). The molecule has 1 aliphatic heterocycles. The quantitative estimate of drug-likeness (QED) is 0.662. The van der Waals surface area contributed by atoms with E-state index in [1.165, 1.54) is 12.1 Å². The molecule has 7 nitrogen and oxygen atoms in total. The van der Waals surface area contributed by atoms with Crippen molar-refractivity contribution >= 4 is 21.2 Å². The van der Waals surface area contributed by atoms with Crippen molar-refractivity contribution in [2.24, 2.45) is 5.92 Å². The van der Waals surface area contributed by atoms with Crippen molar-refractivity contribution in [3.8, 4) is 6.07 Å². The van der Waals surface area contributed by atoms with Gasteiger partial charge in [0.05, 0.1) is 16.4 Å². The number of hydrogen-bond donors (Lipinski definition) is 1. The van der Waals surface area contributed by atoms with E-state index in [0.717, 1.165) is 0 Å². The third-order valence-electron chi connectivity index (χ3n) is 3.25. The van der Waals surface area contributed by atoms with E-state index >= 15 is 0 Å². The number of nitrogens with one attached hydrogen (secondary N) is 1. The number of anilines is 1. The van der Waals surface area contributed by atoms with Gasteiger partial charge < -0.3 is 5.32 Å². The van der Waals surface area contributed by atoms with Gasteiger partial charge in [-0.15, -0.1) is 0 Å². The molecule has 1 unspecified atom stereocenters. The molecule has 8 heteroatoms. The molecule has 106 valence electrons. The maximum atomic E-state index is 11.3. The second-order valence-corrected chi connectivity index (χ2v) is 6.95. The Balaban J connectivity index is 2.15. The first-order valence-electron chi connectivity index (χ1n) is 6.05. The molecule has 1 aromatic rings. The fourth-order valence-corrected chi connectivity index (χ4v) is 4.12. The minimum absolute atomic E-state index is 0.0148. The highest BCUT2D eigenvalue weighted by molar-refractivity contribution is 7.91. The van der Waals surface area contributed by atoms with E-state index in [9.17, 15) is 18.5 Å². The number of nitriles is 1. The molecule has 1 fully saturated rings. The minimum atomic E-state index is -2.97. The van der Waals surface area contributed by atoms with E-state index in [0.29, 0.717) is 13.0 Å². The first-order valence-corrected chi connectivity index (χ1v) is 7.87. The number of rotatable bonds is 4. The summed E-state index contributed by atoms with van der Waals surface area (Å²) in [6, 6.07) is 6.23. The van der Waals surface area contributed by atoms with Gasteiger partial charge in [-0.2, -0.15) is 5.26 Å². The van der Waals surface area contributed by atoms with Crippen LogP contribution in [-0.4, -0.2) is 31.4 Å². The minimum Gasteiger partial charge on any atom is -0.379 e. The lowest BCUT2D eigenvalue weighted by molar-refractivity contribution is -0.384. The van der Waals surface area contributed by atoms with Gasteiger partial charge in [0, 0.05) is 6.54 Å². The van der Waals surface area contributed by atoms with Crippen molar-refractivity contribution in [1.29, 1.82) is 5.26 Å². The average molecular weight is 295 g/mol. The summed E-state index contributed by atoms with van der Waals surface area (Å²) in [6.45, 7) is 0.342. The third kappa shape index (κ3) is 3.05. The Labute approximate surface area is 116 Å². The third-order valence-corrected chi connectivity index (χ3v) is 5.08. The van der Waals surface area contributed by atoms with Crippen molar-refractivity contribution in [3.05, 3.63) is 33.9 Å². The van der Waals surface area contributed by atoms with Crippen LogP contribution in [0.5, 0.6) is 0 Å². The van der Waals surface area contributed by atoms with Gasteiger partial charge in [-0.3, -0.25) is 10.1 Å². The summed E-state index contributed by atoms with van der Waals surface area (Å²) in [4.78, 5) is 10.4. The van der Waals surface area contributed by atoms with E-state index in [1.54, 1.807) is 12.1 Å². The maximum Gasteiger partial charge on any atom is 0.309 e. The first kappa shape index (κ1) is 14.3. The molecule has 0 aliphatic carbocycles. The summed E-state index contributed by atoms with van der Waals surface area (Å²) >= 11 is 0. The summed E-state index contributed by atoms with van der Waals surface area (Å²) < 4.78 is 22.7. The Morgan fingerprint density at radius 2 is 2.25 bits per heavy atom. The molecule has 1 N–H and O–H groups in total. The fourth-order valence-electron chi connectivity index (χ4n) is 2.26. The van der Waals surface area contributed by atoms with Crippen molar-refractivity contribution in [3.63, 3.8) is 0 Å². The van der Waals surface area contributed by atoms with Crippen LogP contribution in [0.2, 0.25) is 0 Å². The highest BCUT2D eigenvalue weighted by Crippen LogP contribution is 2.29. The highest BCUT2D eigenvalue weighted by Gasteiger charge is 2.28. The van der Waals surface area contributed by atoms with Gasteiger partial charge in [-0.1, -0.05) is 6.07 Å². The van der Waals surface area contributed by atoms with Gasteiger partial charge in [0.1, 0.15) is 17.3 Å². The van der Waals surface area contributed by atoms with Gasteiger partial charge in [-0.25, -0.2) is 8.42 Å². The Morgan fingerprint density at radius 1 is 1.50 bits per heavy atom. The summed E-state index contributed by atoms with van der Waals surface area (Å²) in [5, 5.41) is 22.8. The van der Waals surface area contributed by atoms with Crippen LogP contribution in [0.15, 0.2) is 18.2 Å². The van der Waals surface area contributed by atoms with Gasteiger partial charge in [0.15, 0.2) is 9.84 Å². The van der Waals surface area contributed by atoms with Gasteiger partial charge in [-0.05, 0) is 24.5 Å². The molecule has 1 atom stereocenters. The number of sulfone groups is 1.